The van der Waals surface area contributed by atoms with E-state index in [-0.39, 0.29) is 23.3 Å². The van der Waals surface area contributed by atoms with E-state index in [1.807, 2.05) is 18.2 Å². The van der Waals surface area contributed by atoms with Crippen LogP contribution in [0.1, 0.15) is 56.3 Å². The Kier molecular flexibility index (Phi) is 4.90. The predicted molar refractivity (Wildman–Crippen MR) is 120 cm³/mol. The van der Waals surface area contributed by atoms with Crippen LogP contribution in [-0.2, 0) is 9.67 Å². The van der Waals surface area contributed by atoms with Gasteiger partial charge in [-0.05, 0) is 37.2 Å². The molecule has 6 nitrogen and oxygen atoms in total. The lowest BCUT2D eigenvalue weighted by Crippen LogP contribution is -2.36. The Hall–Kier alpha value is -2.25. The van der Waals surface area contributed by atoms with E-state index in [2.05, 4.69) is 38.9 Å². The average molecular weight is 443 g/mol. The zero-order valence-corrected chi connectivity index (χ0v) is 18.3. The fraction of sp³-hybridized carbons (Fsp3) is 0.455. The summed E-state index contributed by atoms with van der Waals surface area (Å²) in [6.45, 7) is 2.86. The van der Waals surface area contributed by atoms with Crippen LogP contribution in [0.5, 0.6) is 0 Å². The highest BCUT2D eigenvalue weighted by atomic mass is 35.5. The van der Waals surface area contributed by atoms with Gasteiger partial charge in [-0.3, -0.25) is 9.59 Å². The number of aromatic nitrogens is 3. The lowest BCUT2D eigenvalue weighted by atomic mass is 9.93. The van der Waals surface area contributed by atoms with Gasteiger partial charge in [-0.25, -0.2) is 9.97 Å². The molecule has 2 aromatic heterocycles. The second-order valence-corrected chi connectivity index (χ2v) is 10.0. The van der Waals surface area contributed by atoms with Gasteiger partial charge < -0.3 is 9.88 Å². The lowest BCUT2D eigenvalue weighted by molar-refractivity contribution is -0.120. The molecule has 1 saturated heterocycles. The van der Waals surface area contributed by atoms with Crippen molar-refractivity contribution in [1.82, 2.24) is 15.0 Å². The quantitative estimate of drug-likeness (QED) is 0.574. The molecule has 0 unspecified atom stereocenters. The van der Waals surface area contributed by atoms with Crippen LogP contribution >= 0.6 is 22.9 Å². The third-order valence-corrected chi connectivity index (χ3v) is 7.66. The number of carbonyl (C=O) groups excluding carboxylic acids is 1. The Balaban J connectivity index is 1.39. The first-order chi connectivity index (χ1) is 14.4. The van der Waals surface area contributed by atoms with Crippen molar-refractivity contribution in [2.75, 3.05) is 11.4 Å². The van der Waals surface area contributed by atoms with E-state index in [4.69, 9.17) is 11.6 Å². The number of hydrogen-bond acceptors (Lipinski definition) is 6. The van der Waals surface area contributed by atoms with Crippen LogP contribution in [-0.4, -0.2) is 33.3 Å². The van der Waals surface area contributed by atoms with Crippen molar-refractivity contribution in [2.45, 2.75) is 55.9 Å². The molecule has 8 heteroatoms. The lowest BCUT2D eigenvalue weighted by Gasteiger charge is -2.24. The summed E-state index contributed by atoms with van der Waals surface area (Å²) in [6, 6.07) is 9.93. The molecular formula is C22H23ClN4O2S. The molecule has 2 aliphatic rings. The molecular weight excluding hydrogens is 420 g/mol. The summed E-state index contributed by atoms with van der Waals surface area (Å²) in [5, 5.41) is 0.697. The molecule has 30 heavy (non-hydrogen) atoms. The number of alkyl halides is 1. The number of nitrogens with zero attached hydrogens (tertiary/aromatic N) is 3. The largest absolute Gasteiger partial charge is 0.338 e. The third kappa shape index (κ3) is 3.54. The summed E-state index contributed by atoms with van der Waals surface area (Å²) in [5.74, 6) is 0.924. The van der Waals surface area contributed by atoms with Crippen LogP contribution in [0.2, 0.25) is 0 Å². The standard InChI is InChI=1S/C22H23ClN4O2S/c1-13(14-6-3-2-4-7-14)12-16(28)15-8-5-11-27(15)21-24-17-18(29)25-20(22(23)9-10-22)26-19(17)30-21/h2-4,6-7,13,15H,5,8-12H2,1H3,(H,25,26,29)/t13-,15+/m0/s1. The summed E-state index contributed by atoms with van der Waals surface area (Å²) < 4.78 is 0. The minimum Gasteiger partial charge on any atom is -0.338 e. The van der Waals surface area contributed by atoms with Gasteiger partial charge in [0.25, 0.3) is 5.56 Å². The average Bonchev–Trinajstić information content (AvgIpc) is 3.16. The molecule has 1 N–H and O–H groups in total. The summed E-state index contributed by atoms with van der Waals surface area (Å²) in [4.78, 5) is 39.7. The van der Waals surface area contributed by atoms with E-state index in [9.17, 15) is 9.59 Å². The highest BCUT2D eigenvalue weighted by molar-refractivity contribution is 7.21. The number of benzene rings is 1. The van der Waals surface area contributed by atoms with Crippen molar-refractivity contribution in [2.24, 2.45) is 0 Å². The topological polar surface area (TPSA) is 79.0 Å². The van der Waals surface area contributed by atoms with Gasteiger partial charge in [0, 0.05) is 13.0 Å². The van der Waals surface area contributed by atoms with Gasteiger partial charge in [0.1, 0.15) is 10.7 Å². The number of rotatable bonds is 6. The van der Waals surface area contributed by atoms with Crippen molar-refractivity contribution in [3.05, 3.63) is 52.1 Å². The Morgan fingerprint density at radius 2 is 2.10 bits per heavy atom. The number of halogens is 1. The van der Waals surface area contributed by atoms with Gasteiger partial charge in [0.2, 0.25) is 0 Å². The van der Waals surface area contributed by atoms with Crippen molar-refractivity contribution < 1.29 is 4.79 Å². The molecule has 1 aliphatic heterocycles. The Morgan fingerprint density at radius 3 is 2.83 bits per heavy atom. The summed E-state index contributed by atoms with van der Waals surface area (Å²) in [6.07, 6.45) is 3.88. The van der Waals surface area contributed by atoms with Gasteiger partial charge in [-0.1, -0.05) is 48.6 Å². The molecule has 1 aliphatic carbocycles. The first-order valence-electron chi connectivity index (χ1n) is 10.4. The second-order valence-electron chi connectivity index (χ2n) is 8.36. The van der Waals surface area contributed by atoms with Gasteiger partial charge in [0.15, 0.2) is 21.3 Å². The fourth-order valence-corrected chi connectivity index (χ4v) is 5.37. The normalized spacial score (nSPS) is 21.1. The summed E-state index contributed by atoms with van der Waals surface area (Å²) in [5.41, 5.74) is 1.24. The second kappa shape index (κ2) is 7.46. The van der Waals surface area contributed by atoms with Gasteiger partial charge >= 0.3 is 0 Å². The maximum atomic E-state index is 13.1. The van der Waals surface area contributed by atoms with E-state index in [0.29, 0.717) is 27.7 Å². The highest BCUT2D eigenvalue weighted by Gasteiger charge is 2.45. The SMILES string of the molecule is C[C@@H](CC(=O)[C@H]1CCCN1c1nc2c(=O)[nH]c(C3(Cl)CC3)nc2s1)c1ccccc1. The zero-order chi connectivity index (χ0) is 20.9. The van der Waals surface area contributed by atoms with E-state index in [1.165, 1.54) is 16.9 Å². The van der Waals surface area contributed by atoms with Crippen LogP contribution in [0.25, 0.3) is 10.3 Å². The summed E-state index contributed by atoms with van der Waals surface area (Å²) in [7, 11) is 0. The number of carbonyl (C=O) groups is 1. The molecule has 3 heterocycles. The minimum absolute atomic E-state index is 0.169. The number of nitrogens with one attached hydrogen (secondary N) is 1. The molecule has 1 aromatic carbocycles. The van der Waals surface area contributed by atoms with Gasteiger partial charge in [0.05, 0.1) is 6.04 Å². The molecule has 5 rings (SSSR count). The van der Waals surface area contributed by atoms with E-state index in [0.717, 1.165) is 32.2 Å². The Bertz CT molecular complexity index is 1150. The molecule has 2 fully saturated rings. The van der Waals surface area contributed by atoms with E-state index >= 15 is 0 Å². The van der Waals surface area contributed by atoms with Crippen LogP contribution in [0.15, 0.2) is 35.1 Å². The van der Waals surface area contributed by atoms with Crippen LogP contribution in [0.3, 0.4) is 0 Å². The molecule has 3 aromatic rings. The monoisotopic (exact) mass is 442 g/mol. The zero-order valence-electron chi connectivity index (χ0n) is 16.7. The van der Waals surface area contributed by atoms with Crippen molar-refractivity contribution in [1.29, 1.82) is 0 Å². The first kappa shape index (κ1) is 19.7. The fourth-order valence-electron chi connectivity index (χ4n) is 4.17. The van der Waals surface area contributed by atoms with Gasteiger partial charge in [-0.15, -0.1) is 11.6 Å². The Labute approximate surface area is 183 Å². The van der Waals surface area contributed by atoms with E-state index in [1.54, 1.807) is 0 Å². The van der Waals surface area contributed by atoms with Crippen LogP contribution < -0.4 is 10.5 Å². The number of anilines is 1. The van der Waals surface area contributed by atoms with Crippen molar-refractivity contribution in [3.8, 4) is 0 Å². The molecule has 0 bridgehead atoms. The Morgan fingerprint density at radius 1 is 1.33 bits per heavy atom. The van der Waals surface area contributed by atoms with Crippen LogP contribution in [0, 0.1) is 0 Å². The number of hydrogen-bond donors (Lipinski definition) is 1. The molecule has 0 radical (unpaired) electrons. The summed E-state index contributed by atoms with van der Waals surface area (Å²) >= 11 is 7.81. The minimum atomic E-state index is -0.531. The number of ketones is 1. The van der Waals surface area contributed by atoms with Gasteiger partial charge in [-0.2, -0.15) is 0 Å². The molecule has 0 spiro atoms. The maximum Gasteiger partial charge on any atom is 0.278 e. The van der Waals surface area contributed by atoms with Crippen LogP contribution in [0.4, 0.5) is 5.13 Å². The third-order valence-electron chi connectivity index (χ3n) is 6.12. The number of fused-ring (bicyclic) bond motifs is 1. The number of Topliss-reactive ketones (excluding diaryl/α,β-unsaturated/α-hetero) is 1. The maximum absolute atomic E-state index is 13.1. The number of aromatic amines is 1. The highest BCUT2D eigenvalue weighted by Crippen LogP contribution is 2.50. The number of thiazole rings is 1. The van der Waals surface area contributed by atoms with E-state index < -0.39 is 4.87 Å². The molecule has 1 saturated carbocycles. The van der Waals surface area contributed by atoms with Crippen molar-refractivity contribution >= 4 is 44.2 Å². The molecule has 156 valence electrons. The molecule has 2 atom stereocenters. The first-order valence-corrected chi connectivity index (χ1v) is 11.6. The predicted octanol–water partition coefficient (Wildman–Crippen LogP) is 4.34. The molecule has 0 amide bonds. The number of H-pyrrole nitrogens is 1. The van der Waals surface area contributed by atoms with Crippen molar-refractivity contribution in [3.63, 3.8) is 0 Å². The smallest absolute Gasteiger partial charge is 0.278 e.